The molecule has 2 atom stereocenters. The van der Waals surface area contributed by atoms with Gasteiger partial charge in [0.1, 0.15) is 11.4 Å². The molecule has 1 aliphatic rings. The summed E-state index contributed by atoms with van der Waals surface area (Å²) in [6, 6.07) is 9.55. The fourth-order valence-corrected chi connectivity index (χ4v) is 3.35. The maximum Gasteiger partial charge on any atom is 0.124 e. The highest BCUT2D eigenvalue weighted by Crippen LogP contribution is 2.39. The van der Waals surface area contributed by atoms with Gasteiger partial charge >= 0.3 is 0 Å². The lowest BCUT2D eigenvalue weighted by atomic mass is 9.88. The molecule has 2 heteroatoms. The Labute approximate surface area is 130 Å². The third-order valence-electron chi connectivity index (χ3n) is 4.36. The average Bonchev–Trinajstić information content (AvgIpc) is 2.43. The summed E-state index contributed by atoms with van der Waals surface area (Å²) in [4.78, 5) is 0. The van der Waals surface area contributed by atoms with Gasteiger partial charge in [0.15, 0.2) is 0 Å². The van der Waals surface area contributed by atoms with Gasteiger partial charge in [0.25, 0.3) is 0 Å². The quantitative estimate of drug-likeness (QED) is 0.741. The van der Waals surface area contributed by atoms with Crippen molar-refractivity contribution in [1.82, 2.24) is 5.32 Å². The smallest absolute Gasteiger partial charge is 0.124 e. The van der Waals surface area contributed by atoms with E-state index in [1.807, 2.05) is 0 Å². The van der Waals surface area contributed by atoms with E-state index in [2.05, 4.69) is 57.3 Å². The Morgan fingerprint density at radius 3 is 2.67 bits per heavy atom. The number of unbranched alkanes of at least 4 members (excludes halogenated alkanes) is 1. The molecule has 1 N–H and O–H groups in total. The van der Waals surface area contributed by atoms with Gasteiger partial charge in [-0.15, -0.1) is 0 Å². The molecule has 1 heterocycles. The van der Waals surface area contributed by atoms with Crippen molar-refractivity contribution in [3.63, 3.8) is 0 Å². The van der Waals surface area contributed by atoms with E-state index in [4.69, 9.17) is 4.74 Å². The molecule has 118 valence electrons. The average molecular weight is 289 g/mol. The van der Waals surface area contributed by atoms with Crippen molar-refractivity contribution in [3.05, 3.63) is 29.8 Å². The highest BCUT2D eigenvalue weighted by atomic mass is 16.5. The van der Waals surface area contributed by atoms with E-state index in [1.165, 1.54) is 37.7 Å². The Kier molecular flexibility index (Phi) is 5.69. The molecule has 0 spiro atoms. The molecule has 0 amide bonds. The molecule has 2 nitrogen and oxygen atoms in total. The van der Waals surface area contributed by atoms with Gasteiger partial charge in [0.05, 0.1) is 0 Å². The Balaban J connectivity index is 2.13. The molecule has 21 heavy (non-hydrogen) atoms. The van der Waals surface area contributed by atoms with E-state index in [0.29, 0.717) is 12.1 Å². The summed E-state index contributed by atoms with van der Waals surface area (Å²) < 4.78 is 6.13. The van der Waals surface area contributed by atoms with Crippen LogP contribution >= 0.6 is 0 Å². The van der Waals surface area contributed by atoms with Gasteiger partial charge in [-0.25, -0.2) is 0 Å². The summed E-state index contributed by atoms with van der Waals surface area (Å²) >= 11 is 0. The van der Waals surface area contributed by atoms with Gasteiger partial charge in [-0.05, 0) is 32.8 Å². The first kappa shape index (κ1) is 16.4. The fraction of sp³-hybridized carbons (Fsp3) is 0.684. The van der Waals surface area contributed by atoms with Crippen LogP contribution in [0.1, 0.15) is 77.8 Å². The fourth-order valence-electron chi connectivity index (χ4n) is 3.35. The van der Waals surface area contributed by atoms with E-state index < -0.39 is 0 Å². The zero-order valence-electron chi connectivity index (χ0n) is 14.1. The predicted octanol–water partition coefficient (Wildman–Crippen LogP) is 5.24. The molecule has 1 aromatic rings. The molecular weight excluding hydrogens is 258 g/mol. The van der Waals surface area contributed by atoms with Crippen LogP contribution < -0.4 is 10.1 Å². The second kappa shape index (κ2) is 7.31. The Morgan fingerprint density at radius 1 is 1.19 bits per heavy atom. The van der Waals surface area contributed by atoms with Gasteiger partial charge in [-0.1, -0.05) is 51.3 Å². The summed E-state index contributed by atoms with van der Waals surface area (Å²) in [6.45, 7) is 8.94. The Bertz CT molecular complexity index is 441. The van der Waals surface area contributed by atoms with Gasteiger partial charge in [-0.3, -0.25) is 0 Å². The molecule has 0 aromatic heterocycles. The van der Waals surface area contributed by atoms with Crippen molar-refractivity contribution in [2.75, 3.05) is 0 Å². The largest absolute Gasteiger partial charge is 0.487 e. The number of para-hydroxylation sites is 1. The zero-order valence-corrected chi connectivity index (χ0v) is 14.1. The number of nitrogens with one attached hydrogen (secondary N) is 1. The summed E-state index contributed by atoms with van der Waals surface area (Å²) in [6.07, 6.45) is 7.42. The van der Waals surface area contributed by atoms with Crippen LogP contribution in [0.15, 0.2) is 24.3 Å². The second-order valence-corrected chi connectivity index (χ2v) is 6.95. The number of hydrogen-bond donors (Lipinski definition) is 1. The molecule has 1 aliphatic heterocycles. The molecule has 1 aromatic carbocycles. The molecule has 2 rings (SSSR count). The van der Waals surface area contributed by atoms with Crippen LogP contribution in [0.5, 0.6) is 5.75 Å². The third-order valence-corrected chi connectivity index (χ3v) is 4.36. The van der Waals surface area contributed by atoms with Crippen molar-refractivity contribution in [3.8, 4) is 5.75 Å². The molecule has 0 radical (unpaired) electrons. The lowest BCUT2D eigenvalue weighted by Crippen LogP contribution is -2.42. The number of hydrogen-bond acceptors (Lipinski definition) is 2. The minimum absolute atomic E-state index is 0.0897. The zero-order chi connectivity index (χ0) is 15.3. The van der Waals surface area contributed by atoms with Crippen molar-refractivity contribution >= 4 is 0 Å². The lowest BCUT2D eigenvalue weighted by Gasteiger charge is -2.39. The second-order valence-electron chi connectivity index (χ2n) is 6.95. The maximum atomic E-state index is 6.13. The third kappa shape index (κ3) is 4.47. The van der Waals surface area contributed by atoms with Crippen LogP contribution in [0.25, 0.3) is 0 Å². The molecule has 0 saturated heterocycles. The number of rotatable bonds is 7. The minimum Gasteiger partial charge on any atom is -0.487 e. The van der Waals surface area contributed by atoms with E-state index in [-0.39, 0.29) is 5.60 Å². The van der Waals surface area contributed by atoms with Crippen molar-refractivity contribution < 1.29 is 4.74 Å². The minimum atomic E-state index is -0.0897. The Hall–Kier alpha value is -1.02. The van der Waals surface area contributed by atoms with Crippen molar-refractivity contribution in [2.24, 2.45) is 0 Å². The molecular formula is C19H31NO. The monoisotopic (exact) mass is 289 g/mol. The van der Waals surface area contributed by atoms with Gasteiger partial charge < -0.3 is 10.1 Å². The van der Waals surface area contributed by atoms with Crippen LogP contribution in [0.2, 0.25) is 0 Å². The first-order valence-electron chi connectivity index (χ1n) is 8.59. The normalized spacial score (nSPS) is 21.4. The summed E-state index contributed by atoms with van der Waals surface area (Å²) in [5, 5.41) is 3.92. The molecule has 0 aliphatic carbocycles. The van der Waals surface area contributed by atoms with Crippen LogP contribution in [0.3, 0.4) is 0 Å². The maximum absolute atomic E-state index is 6.13. The topological polar surface area (TPSA) is 21.3 Å². The lowest BCUT2D eigenvalue weighted by molar-refractivity contribution is 0.0630. The Morgan fingerprint density at radius 2 is 1.95 bits per heavy atom. The highest BCUT2D eigenvalue weighted by molar-refractivity contribution is 5.38. The summed E-state index contributed by atoms with van der Waals surface area (Å²) in [5.41, 5.74) is 1.24. The van der Waals surface area contributed by atoms with Crippen molar-refractivity contribution in [1.29, 1.82) is 0 Å². The van der Waals surface area contributed by atoms with Gasteiger partial charge in [-0.2, -0.15) is 0 Å². The molecule has 0 fully saturated rings. The van der Waals surface area contributed by atoms with E-state index in [9.17, 15) is 0 Å². The molecule has 0 bridgehead atoms. The van der Waals surface area contributed by atoms with E-state index in [1.54, 1.807) is 0 Å². The predicted molar refractivity (Wildman–Crippen MR) is 89.9 cm³/mol. The van der Waals surface area contributed by atoms with E-state index in [0.717, 1.165) is 12.2 Å². The number of fused-ring (bicyclic) bond motifs is 1. The van der Waals surface area contributed by atoms with Crippen LogP contribution in [0, 0.1) is 0 Å². The van der Waals surface area contributed by atoms with Crippen LogP contribution in [0.4, 0.5) is 0 Å². The first-order chi connectivity index (χ1) is 10.1. The van der Waals surface area contributed by atoms with Gasteiger partial charge in [0.2, 0.25) is 0 Å². The standard InChI is InChI=1S/C19H31NO/c1-5-7-11-15(10-6-2)20-17-14-19(3,4)21-18-13-9-8-12-16(17)18/h8-9,12-13,15,17,20H,5-7,10-11,14H2,1-4H3. The van der Waals surface area contributed by atoms with E-state index >= 15 is 0 Å². The summed E-state index contributed by atoms with van der Waals surface area (Å²) in [7, 11) is 0. The number of ether oxygens (including phenoxy) is 1. The van der Waals surface area contributed by atoms with Crippen LogP contribution in [-0.2, 0) is 0 Å². The van der Waals surface area contributed by atoms with Gasteiger partial charge in [0, 0.05) is 24.1 Å². The molecule has 2 unspecified atom stereocenters. The summed E-state index contributed by atoms with van der Waals surface area (Å²) in [5.74, 6) is 1.05. The van der Waals surface area contributed by atoms with Crippen molar-refractivity contribution in [2.45, 2.75) is 83.9 Å². The number of benzene rings is 1. The first-order valence-corrected chi connectivity index (χ1v) is 8.59. The highest BCUT2D eigenvalue weighted by Gasteiger charge is 2.34. The SMILES string of the molecule is CCCCC(CCC)NC1CC(C)(C)Oc2ccccc21. The van der Waals surface area contributed by atoms with Crippen LogP contribution in [-0.4, -0.2) is 11.6 Å². The molecule has 0 saturated carbocycles.